The van der Waals surface area contributed by atoms with Crippen molar-refractivity contribution in [2.45, 2.75) is 50.8 Å². The van der Waals surface area contributed by atoms with E-state index in [1.165, 1.54) is 0 Å². The van der Waals surface area contributed by atoms with Gasteiger partial charge in [0.05, 0.1) is 12.6 Å². The van der Waals surface area contributed by atoms with Gasteiger partial charge in [-0.2, -0.15) is 0 Å². The van der Waals surface area contributed by atoms with E-state index >= 15 is 0 Å². The Labute approximate surface area is 162 Å². The molecule has 0 amide bonds. The van der Waals surface area contributed by atoms with E-state index in [-0.39, 0.29) is 12.1 Å². The van der Waals surface area contributed by atoms with Crippen LogP contribution in [0.25, 0.3) is 11.5 Å². The minimum atomic E-state index is -0.0531. The molecular formula is C20H23N5O3. The van der Waals surface area contributed by atoms with Crippen molar-refractivity contribution in [1.29, 1.82) is 0 Å². The minimum Gasteiger partial charge on any atom is -0.421 e. The van der Waals surface area contributed by atoms with Crippen molar-refractivity contribution in [1.82, 2.24) is 25.3 Å². The van der Waals surface area contributed by atoms with Crippen LogP contribution < -0.4 is 0 Å². The number of ether oxygens (including phenoxy) is 1. The summed E-state index contributed by atoms with van der Waals surface area (Å²) in [5, 5.41) is 17.0. The molecule has 0 bridgehead atoms. The highest BCUT2D eigenvalue weighted by Gasteiger charge is 2.32. The Morgan fingerprint density at radius 2 is 1.79 bits per heavy atom. The first kappa shape index (κ1) is 17.5. The highest BCUT2D eigenvalue weighted by Crippen LogP contribution is 2.34. The number of rotatable bonds is 5. The Kier molecular flexibility index (Phi) is 4.88. The van der Waals surface area contributed by atoms with Crippen LogP contribution in [0, 0.1) is 0 Å². The molecule has 0 radical (unpaired) electrons. The van der Waals surface area contributed by atoms with E-state index in [2.05, 4.69) is 25.3 Å². The van der Waals surface area contributed by atoms with E-state index < -0.39 is 0 Å². The van der Waals surface area contributed by atoms with Crippen molar-refractivity contribution in [2.24, 2.45) is 0 Å². The lowest BCUT2D eigenvalue weighted by molar-refractivity contribution is 0.0775. The van der Waals surface area contributed by atoms with Crippen LogP contribution in [0.5, 0.6) is 0 Å². The highest BCUT2D eigenvalue weighted by atomic mass is 16.5. The molecule has 0 spiro atoms. The standard InChI is InChI=1S/C20H23N5O3/c1-2-7-14(8-3-1)18-22-21-17(27-18)13-25-11-5-4-9-15(25)19-23-24-20(28-19)16-10-6-12-26-16/h1-3,7-8,15-16H,4-6,9-13H2/t15-,16+/m0/s1. The molecule has 0 N–H and O–H groups in total. The number of nitrogens with zero attached hydrogens (tertiary/aromatic N) is 5. The maximum atomic E-state index is 5.99. The highest BCUT2D eigenvalue weighted by molar-refractivity contribution is 5.51. The van der Waals surface area contributed by atoms with Gasteiger partial charge in [0.15, 0.2) is 0 Å². The second-order valence-corrected chi connectivity index (χ2v) is 7.33. The van der Waals surface area contributed by atoms with Crippen LogP contribution in [-0.2, 0) is 11.3 Å². The van der Waals surface area contributed by atoms with E-state index in [1.54, 1.807) is 0 Å². The smallest absolute Gasteiger partial charge is 0.247 e. The third kappa shape index (κ3) is 3.57. The van der Waals surface area contributed by atoms with Crippen LogP contribution in [0.3, 0.4) is 0 Å². The summed E-state index contributed by atoms with van der Waals surface area (Å²) in [7, 11) is 0. The maximum Gasteiger partial charge on any atom is 0.247 e. The topological polar surface area (TPSA) is 90.3 Å². The van der Waals surface area contributed by atoms with Gasteiger partial charge >= 0.3 is 0 Å². The molecule has 8 heteroatoms. The SMILES string of the molecule is c1ccc(-c2nnc(CN3CCCC[C@H]3c3nnc([C@H]4CCCO4)o3)o2)cc1. The van der Waals surface area contributed by atoms with Crippen molar-refractivity contribution in [3.63, 3.8) is 0 Å². The number of hydrogen-bond donors (Lipinski definition) is 0. The van der Waals surface area contributed by atoms with Crippen molar-refractivity contribution in [3.05, 3.63) is 48.0 Å². The number of hydrogen-bond acceptors (Lipinski definition) is 8. The fourth-order valence-corrected chi connectivity index (χ4v) is 3.93. The van der Waals surface area contributed by atoms with Gasteiger partial charge in [-0.15, -0.1) is 20.4 Å². The van der Waals surface area contributed by atoms with Crippen LogP contribution in [0.2, 0.25) is 0 Å². The van der Waals surface area contributed by atoms with E-state index in [1.807, 2.05) is 30.3 Å². The van der Waals surface area contributed by atoms with Crippen LogP contribution in [0.1, 0.15) is 61.9 Å². The van der Waals surface area contributed by atoms with Crippen molar-refractivity contribution >= 4 is 0 Å². The van der Waals surface area contributed by atoms with Gasteiger partial charge < -0.3 is 13.6 Å². The first-order chi connectivity index (χ1) is 13.9. The molecule has 2 fully saturated rings. The molecule has 5 rings (SSSR count). The summed E-state index contributed by atoms with van der Waals surface area (Å²) in [6.07, 6.45) is 5.18. The predicted molar refractivity (Wildman–Crippen MR) is 99.0 cm³/mol. The molecule has 146 valence electrons. The van der Waals surface area contributed by atoms with Crippen molar-refractivity contribution in [3.8, 4) is 11.5 Å². The lowest BCUT2D eigenvalue weighted by Crippen LogP contribution is -2.33. The van der Waals surface area contributed by atoms with Gasteiger partial charge in [0.2, 0.25) is 23.6 Å². The van der Waals surface area contributed by atoms with E-state index in [0.29, 0.717) is 30.1 Å². The van der Waals surface area contributed by atoms with Gasteiger partial charge in [0, 0.05) is 12.2 Å². The fraction of sp³-hybridized carbons (Fsp3) is 0.500. The molecule has 3 aromatic rings. The third-order valence-electron chi connectivity index (χ3n) is 5.39. The van der Waals surface area contributed by atoms with Gasteiger partial charge in [0.25, 0.3) is 0 Å². The zero-order chi connectivity index (χ0) is 18.8. The zero-order valence-electron chi connectivity index (χ0n) is 15.7. The Morgan fingerprint density at radius 3 is 2.64 bits per heavy atom. The quantitative estimate of drug-likeness (QED) is 0.661. The summed E-state index contributed by atoms with van der Waals surface area (Å²) < 4.78 is 17.6. The van der Waals surface area contributed by atoms with Crippen molar-refractivity contribution < 1.29 is 13.6 Å². The summed E-state index contributed by atoms with van der Waals surface area (Å²) >= 11 is 0. The predicted octanol–water partition coefficient (Wildman–Crippen LogP) is 3.70. The summed E-state index contributed by atoms with van der Waals surface area (Å²) in [5.74, 6) is 2.41. The summed E-state index contributed by atoms with van der Waals surface area (Å²) in [6, 6.07) is 9.89. The lowest BCUT2D eigenvalue weighted by Gasteiger charge is -2.32. The number of benzene rings is 1. The van der Waals surface area contributed by atoms with E-state index in [0.717, 1.165) is 50.8 Å². The van der Waals surface area contributed by atoms with Gasteiger partial charge in [-0.1, -0.05) is 24.6 Å². The average molecular weight is 381 g/mol. The molecule has 28 heavy (non-hydrogen) atoms. The molecule has 0 aliphatic carbocycles. The van der Waals surface area contributed by atoms with Gasteiger partial charge in [-0.3, -0.25) is 4.90 Å². The normalized spacial score (nSPS) is 23.3. The second kappa shape index (κ2) is 7.81. The summed E-state index contributed by atoms with van der Waals surface area (Å²) in [5.41, 5.74) is 0.926. The Bertz CT molecular complexity index is 903. The van der Waals surface area contributed by atoms with Crippen LogP contribution in [0.4, 0.5) is 0 Å². The Balaban J connectivity index is 1.32. The average Bonchev–Trinajstić information content (AvgIpc) is 3.50. The molecule has 2 aromatic heterocycles. The first-order valence-corrected chi connectivity index (χ1v) is 9.93. The monoisotopic (exact) mass is 381 g/mol. The second-order valence-electron chi connectivity index (χ2n) is 7.33. The third-order valence-corrected chi connectivity index (χ3v) is 5.39. The molecule has 0 unspecified atom stereocenters. The van der Waals surface area contributed by atoms with Crippen LogP contribution >= 0.6 is 0 Å². The van der Waals surface area contributed by atoms with E-state index in [4.69, 9.17) is 13.6 Å². The van der Waals surface area contributed by atoms with E-state index in [9.17, 15) is 0 Å². The molecule has 2 saturated heterocycles. The largest absolute Gasteiger partial charge is 0.421 e. The molecule has 8 nitrogen and oxygen atoms in total. The number of aromatic nitrogens is 4. The Hall–Kier alpha value is -2.58. The van der Waals surface area contributed by atoms with Gasteiger partial charge in [-0.25, -0.2) is 0 Å². The summed E-state index contributed by atoms with van der Waals surface area (Å²) in [6.45, 7) is 2.27. The minimum absolute atomic E-state index is 0.0531. The van der Waals surface area contributed by atoms with Gasteiger partial charge in [0.1, 0.15) is 6.10 Å². The lowest BCUT2D eigenvalue weighted by atomic mass is 10.0. The molecule has 2 aliphatic rings. The van der Waals surface area contributed by atoms with Crippen molar-refractivity contribution in [2.75, 3.05) is 13.2 Å². The number of likely N-dealkylation sites (tertiary alicyclic amines) is 1. The fourth-order valence-electron chi connectivity index (χ4n) is 3.93. The molecular weight excluding hydrogens is 358 g/mol. The Morgan fingerprint density at radius 1 is 0.893 bits per heavy atom. The molecule has 4 heterocycles. The molecule has 2 aliphatic heterocycles. The molecule has 2 atom stereocenters. The first-order valence-electron chi connectivity index (χ1n) is 9.93. The van der Waals surface area contributed by atoms with Gasteiger partial charge in [-0.05, 0) is 44.4 Å². The summed E-state index contributed by atoms with van der Waals surface area (Å²) in [4.78, 5) is 2.29. The molecule has 0 saturated carbocycles. The number of piperidine rings is 1. The maximum absolute atomic E-state index is 5.99. The molecule has 1 aromatic carbocycles. The zero-order valence-corrected chi connectivity index (χ0v) is 15.7. The van der Waals surface area contributed by atoms with Crippen LogP contribution in [0.15, 0.2) is 39.2 Å². The van der Waals surface area contributed by atoms with Crippen LogP contribution in [-0.4, -0.2) is 38.4 Å².